The number of nitrogens with one attached hydrogen (secondary N) is 1. The van der Waals surface area contributed by atoms with E-state index in [1.807, 2.05) is 31.3 Å². The molecule has 1 aromatic carbocycles. The zero-order valence-corrected chi connectivity index (χ0v) is 16.5. The van der Waals surface area contributed by atoms with Gasteiger partial charge in [-0.15, -0.1) is 0 Å². The van der Waals surface area contributed by atoms with Crippen molar-refractivity contribution in [3.8, 4) is 22.4 Å². The molecule has 0 aliphatic rings. The quantitative estimate of drug-likeness (QED) is 0.503. The molecule has 0 spiro atoms. The van der Waals surface area contributed by atoms with E-state index in [1.54, 1.807) is 49.1 Å². The lowest BCUT2D eigenvalue weighted by atomic mass is 10.0. The predicted molar refractivity (Wildman–Crippen MR) is 116 cm³/mol. The van der Waals surface area contributed by atoms with E-state index in [2.05, 4.69) is 19.9 Å². The van der Waals surface area contributed by atoms with Crippen LogP contribution in [0.5, 0.6) is 0 Å². The largest absolute Gasteiger partial charge is 0.383 e. The van der Waals surface area contributed by atoms with Gasteiger partial charge in [0.15, 0.2) is 5.65 Å². The highest BCUT2D eigenvalue weighted by Gasteiger charge is 2.14. The molecule has 0 radical (unpaired) electrons. The average Bonchev–Trinajstić information content (AvgIpc) is 2.77. The number of allylic oxidation sites excluding steroid dienone is 1. The highest BCUT2D eigenvalue weighted by Crippen LogP contribution is 2.32. The number of hydrogen-bond acceptors (Lipinski definition) is 6. The molecule has 4 rings (SSSR count). The number of fused-ring (bicyclic) bond motifs is 1. The van der Waals surface area contributed by atoms with Crippen LogP contribution in [0.25, 0.3) is 39.1 Å². The molecular formula is C23H19FN6. The van der Waals surface area contributed by atoms with E-state index in [1.165, 1.54) is 12.3 Å². The Hall–Kier alpha value is -4.00. The molecule has 1 N–H and O–H groups in total. The smallest absolute Gasteiger partial charge is 0.179 e. The summed E-state index contributed by atoms with van der Waals surface area (Å²) in [5, 5.41) is 7.75. The Labute approximate surface area is 173 Å². The summed E-state index contributed by atoms with van der Waals surface area (Å²) in [5.41, 5.74) is 4.92. The van der Waals surface area contributed by atoms with Crippen LogP contribution < -0.4 is 0 Å². The summed E-state index contributed by atoms with van der Waals surface area (Å²) in [7, 11) is 3.79. The zero-order chi connectivity index (χ0) is 21.1. The molecule has 0 atom stereocenters. The Morgan fingerprint density at radius 3 is 2.60 bits per heavy atom. The van der Waals surface area contributed by atoms with Crippen LogP contribution in [0.3, 0.4) is 0 Å². The molecule has 3 aromatic heterocycles. The van der Waals surface area contributed by atoms with Gasteiger partial charge in [-0.05, 0) is 24.3 Å². The van der Waals surface area contributed by atoms with Crippen LogP contribution in [0.1, 0.15) is 5.56 Å². The van der Waals surface area contributed by atoms with E-state index in [4.69, 9.17) is 5.41 Å². The van der Waals surface area contributed by atoms with E-state index >= 15 is 0 Å². The molecule has 0 aliphatic carbocycles. The molecule has 0 unspecified atom stereocenters. The topological polar surface area (TPSA) is 78.7 Å². The lowest BCUT2D eigenvalue weighted by Gasteiger charge is -2.12. The van der Waals surface area contributed by atoms with E-state index in [-0.39, 0.29) is 5.82 Å². The summed E-state index contributed by atoms with van der Waals surface area (Å²) in [6.07, 6.45) is 9.72. The Bertz CT molecular complexity index is 1270. The fourth-order valence-corrected chi connectivity index (χ4v) is 3.20. The third kappa shape index (κ3) is 3.77. The third-order valence-corrected chi connectivity index (χ3v) is 4.53. The Morgan fingerprint density at radius 2 is 1.83 bits per heavy atom. The summed E-state index contributed by atoms with van der Waals surface area (Å²) < 4.78 is 14.4. The van der Waals surface area contributed by atoms with Crippen LogP contribution >= 0.6 is 0 Å². The summed E-state index contributed by atoms with van der Waals surface area (Å²) in [6.45, 7) is 0. The van der Waals surface area contributed by atoms with Crippen molar-refractivity contribution in [2.45, 2.75) is 0 Å². The number of benzene rings is 1. The summed E-state index contributed by atoms with van der Waals surface area (Å²) >= 11 is 0. The van der Waals surface area contributed by atoms with E-state index < -0.39 is 0 Å². The second-order valence-electron chi connectivity index (χ2n) is 6.92. The second-order valence-corrected chi connectivity index (χ2v) is 6.92. The number of pyridine rings is 2. The molecule has 4 aromatic rings. The van der Waals surface area contributed by atoms with Gasteiger partial charge in [-0.2, -0.15) is 0 Å². The van der Waals surface area contributed by atoms with Crippen LogP contribution in [-0.4, -0.2) is 45.1 Å². The Morgan fingerprint density at radius 1 is 1.03 bits per heavy atom. The van der Waals surface area contributed by atoms with Gasteiger partial charge in [0, 0.05) is 79.1 Å². The van der Waals surface area contributed by atoms with Crippen molar-refractivity contribution in [1.82, 2.24) is 24.8 Å². The second kappa shape index (κ2) is 8.16. The van der Waals surface area contributed by atoms with Crippen LogP contribution in [-0.2, 0) is 0 Å². The predicted octanol–water partition coefficient (Wildman–Crippen LogP) is 4.44. The number of halogens is 1. The van der Waals surface area contributed by atoms with Crippen LogP contribution in [0, 0.1) is 11.2 Å². The molecule has 6 nitrogen and oxygen atoms in total. The highest BCUT2D eigenvalue weighted by atomic mass is 19.1. The molecular weight excluding hydrogens is 379 g/mol. The standard InChI is InChI=1S/C23H19FN6/c1-30(2)14-17(11-25)15-9-16(13-26-12-15)19-10-21(18-5-3-4-6-20(18)24)29-23-22(19)27-7-8-28-23/h3-14,25H,1-2H3/b17-14+,25-11?. The number of nitrogens with zero attached hydrogens (tertiary/aromatic N) is 5. The first kappa shape index (κ1) is 19.3. The molecule has 30 heavy (non-hydrogen) atoms. The van der Waals surface area contributed by atoms with Gasteiger partial charge in [-0.1, -0.05) is 12.1 Å². The number of hydrogen-bond donors (Lipinski definition) is 1. The van der Waals surface area contributed by atoms with E-state index in [0.29, 0.717) is 28.0 Å². The van der Waals surface area contributed by atoms with Gasteiger partial charge in [-0.25, -0.2) is 14.4 Å². The highest BCUT2D eigenvalue weighted by molar-refractivity contribution is 6.08. The van der Waals surface area contributed by atoms with Crippen LogP contribution in [0.15, 0.2) is 67.4 Å². The maximum atomic E-state index is 14.4. The lowest BCUT2D eigenvalue weighted by molar-refractivity contribution is 0.566. The van der Waals surface area contributed by atoms with Gasteiger partial charge in [0.1, 0.15) is 11.3 Å². The normalized spacial score (nSPS) is 11.5. The van der Waals surface area contributed by atoms with Gasteiger partial charge >= 0.3 is 0 Å². The Kier molecular flexibility index (Phi) is 5.26. The number of aromatic nitrogens is 4. The summed E-state index contributed by atoms with van der Waals surface area (Å²) in [6, 6.07) is 10.2. The van der Waals surface area contributed by atoms with Crippen molar-refractivity contribution in [1.29, 1.82) is 5.41 Å². The van der Waals surface area contributed by atoms with Crippen LogP contribution in [0.2, 0.25) is 0 Å². The van der Waals surface area contributed by atoms with Gasteiger partial charge in [0.2, 0.25) is 0 Å². The fourth-order valence-electron chi connectivity index (χ4n) is 3.20. The molecule has 7 heteroatoms. The summed E-state index contributed by atoms with van der Waals surface area (Å²) in [4.78, 5) is 19.5. The van der Waals surface area contributed by atoms with E-state index in [9.17, 15) is 4.39 Å². The minimum atomic E-state index is -0.355. The van der Waals surface area contributed by atoms with Crippen molar-refractivity contribution >= 4 is 23.0 Å². The first-order chi connectivity index (χ1) is 14.6. The molecule has 0 aliphatic heterocycles. The van der Waals surface area contributed by atoms with E-state index in [0.717, 1.165) is 16.7 Å². The van der Waals surface area contributed by atoms with Crippen molar-refractivity contribution in [2.75, 3.05) is 14.1 Å². The molecule has 3 heterocycles. The van der Waals surface area contributed by atoms with Gasteiger partial charge < -0.3 is 10.3 Å². The van der Waals surface area contributed by atoms with Gasteiger partial charge in [0.05, 0.1) is 5.69 Å². The molecule has 148 valence electrons. The van der Waals surface area contributed by atoms with Crippen LogP contribution in [0.4, 0.5) is 4.39 Å². The maximum Gasteiger partial charge on any atom is 0.179 e. The first-order valence-corrected chi connectivity index (χ1v) is 9.28. The zero-order valence-electron chi connectivity index (χ0n) is 16.5. The fraction of sp³-hybridized carbons (Fsp3) is 0.0870. The molecule has 0 bridgehead atoms. The van der Waals surface area contributed by atoms with Crippen molar-refractivity contribution < 1.29 is 4.39 Å². The maximum absolute atomic E-state index is 14.4. The third-order valence-electron chi connectivity index (χ3n) is 4.53. The molecule has 0 fully saturated rings. The average molecular weight is 398 g/mol. The van der Waals surface area contributed by atoms with Gasteiger partial charge in [-0.3, -0.25) is 9.97 Å². The monoisotopic (exact) mass is 398 g/mol. The first-order valence-electron chi connectivity index (χ1n) is 9.28. The summed E-state index contributed by atoms with van der Waals surface area (Å²) in [5.74, 6) is -0.355. The van der Waals surface area contributed by atoms with Crippen molar-refractivity contribution in [3.63, 3.8) is 0 Å². The lowest BCUT2D eigenvalue weighted by Crippen LogP contribution is -2.03. The van der Waals surface area contributed by atoms with Crippen molar-refractivity contribution in [2.24, 2.45) is 0 Å². The molecule has 0 amide bonds. The molecule has 0 saturated heterocycles. The Balaban J connectivity index is 1.94. The van der Waals surface area contributed by atoms with Crippen molar-refractivity contribution in [3.05, 3.63) is 78.8 Å². The molecule has 0 saturated carbocycles. The van der Waals surface area contributed by atoms with Gasteiger partial charge in [0.25, 0.3) is 0 Å². The minimum absolute atomic E-state index is 0.355. The number of rotatable bonds is 5. The SMILES string of the molecule is CN(C)/C=C(\C=N)c1cncc(-c2cc(-c3ccccc3F)nc3nccnc23)c1. The minimum Gasteiger partial charge on any atom is -0.383 e.